The Morgan fingerprint density at radius 3 is 2.88 bits per heavy atom. The standard InChI is InChI=1S/C11H20N2O3/c1-16-11(15)3-6-12-4-2-5-13(8-7-12)9-10-14/h3,6,14H,2,4-5,7-10H2,1H3/b6-3+. The average Bonchev–Trinajstić information content (AvgIpc) is 2.52. The summed E-state index contributed by atoms with van der Waals surface area (Å²) in [7, 11) is 1.37. The lowest BCUT2D eigenvalue weighted by Crippen LogP contribution is -2.31. The predicted octanol–water partition coefficient (Wildman–Crippen LogP) is -0.327. The van der Waals surface area contributed by atoms with Gasteiger partial charge in [-0.2, -0.15) is 0 Å². The maximum atomic E-state index is 10.9. The molecule has 5 nitrogen and oxygen atoms in total. The number of methoxy groups -OCH3 is 1. The number of hydrogen-bond acceptors (Lipinski definition) is 5. The highest BCUT2D eigenvalue weighted by molar-refractivity contribution is 5.81. The molecule has 1 fully saturated rings. The van der Waals surface area contributed by atoms with Gasteiger partial charge in [-0.25, -0.2) is 4.79 Å². The van der Waals surface area contributed by atoms with Crippen LogP contribution in [0.1, 0.15) is 6.42 Å². The number of aliphatic hydroxyl groups excluding tert-OH is 1. The first-order valence-electron chi connectivity index (χ1n) is 5.59. The van der Waals surface area contributed by atoms with Gasteiger partial charge in [0.15, 0.2) is 0 Å². The Kier molecular flexibility index (Phi) is 5.88. The summed E-state index contributed by atoms with van der Waals surface area (Å²) < 4.78 is 4.54. The van der Waals surface area contributed by atoms with Gasteiger partial charge < -0.3 is 14.7 Å². The first-order valence-corrected chi connectivity index (χ1v) is 5.59. The highest BCUT2D eigenvalue weighted by atomic mass is 16.5. The molecular weight excluding hydrogens is 208 g/mol. The molecule has 0 aromatic carbocycles. The van der Waals surface area contributed by atoms with Crippen molar-refractivity contribution in [2.24, 2.45) is 0 Å². The number of carbonyl (C=O) groups is 1. The minimum Gasteiger partial charge on any atom is -0.466 e. The Morgan fingerprint density at radius 1 is 1.38 bits per heavy atom. The van der Waals surface area contributed by atoms with Crippen molar-refractivity contribution in [1.82, 2.24) is 9.80 Å². The van der Waals surface area contributed by atoms with Crippen LogP contribution in [0.5, 0.6) is 0 Å². The lowest BCUT2D eigenvalue weighted by Gasteiger charge is -2.19. The number of nitrogens with zero attached hydrogens (tertiary/aromatic N) is 2. The fourth-order valence-electron chi connectivity index (χ4n) is 1.74. The summed E-state index contributed by atoms with van der Waals surface area (Å²) in [5.74, 6) is -0.323. The molecule has 0 amide bonds. The minimum absolute atomic E-state index is 0.206. The highest BCUT2D eigenvalue weighted by Crippen LogP contribution is 2.03. The van der Waals surface area contributed by atoms with Crippen molar-refractivity contribution >= 4 is 5.97 Å². The molecule has 92 valence electrons. The SMILES string of the molecule is COC(=O)/C=C/N1CCCN(CCO)CC1. The monoisotopic (exact) mass is 228 g/mol. The molecule has 1 heterocycles. The molecule has 0 aromatic heterocycles. The fraction of sp³-hybridized carbons (Fsp3) is 0.727. The molecule has 1 aliphatic heterocycles. The van der Waals surface area contributed by atoms with E-state index in [1.165, 1.54) is 13.2 Å². The second-order valence-corrected chi connectivity index (χ2v) is 3.79. The second kappa shape index (κ2) is 7.24. The van der Waals surface area contributed by atoms with E-state index >= 15 is 0 Å². The van der Waals surface area contributed by atoms with E-state index in [0.29, 0.717) is 0 Å². The van der Waals surface area contributed by atoms with Crippen LogP contribution in [-0.2, 0) is 9.53 Å². The van der Waals surface area contributed by atoms with Crippen LogP contribution in [0.4, 0.5) is 0 Å². The van der Waals surface area contributed by atoms with Gasteiger partial charge in [-0.3, -0.25) is 4.90 Å². The zero-order valence-electron chi connectivity index (χ0n) is 9.76. The molecule has 0 saturated carbocycles. The van der Waals surface area contributed by atoms with E-state index in [2.05, 4.69) is 14.5 Å². The van der Waals surface area contributed by atoms with E-state index in [1.54, 1.807) is 6.20 Å². The number of β-amino-alcohol motifs (C(OH)–C–C–N with tert-alkyl or cyclic N) is 1. The first kappa shape index (κ1) is 13.0. The number of ether oxygens (including phenoxy) is 1. The molecule has 0 spiro atoms. The van der Waals surface area contributed by atoms with E-state index in [4.69, 9.17) is 5.11 Å². The lowest BCUT2D eigenvalue weighted by atomic mass is 10.4. The summed E-state index contributed by atoms with van der Waals surface area (Å²) in [5, 5.41) is 8.85. The molecule has 0 atom stereocenters. The van der Waals surface area contributed by atoms with Gasteiger partial charge in [-0.05, 0) is 13.0 Å². The fourth-order valence-corrected chi connectivity index (χ4v) is 1.74. The molecule has 0 unspecified atom stereocenters. The van der Waals surface area contributed by atoms with Gasteiger partial charge in [0.25, 0.3) is 0 Å². The second-order valence-electron chi connectivity index (χ2n) is 3.79. The number of esters is 1. The third-order valence-corrected chi connectivity index (χ3v) is 2.66. The van der Waals surface area contributed by atoms with Crippen molar-refractivity contribution in [3.8, 4) is 0 Å². The van der Waals surface area contributed by atoms with Gasteiger partial charge >= 0.3 is 5.97 Å². The third kappa shape index (κ3) is 4.63. The van der Waals surface area contributed by atoms with Crippen LogP contribution in [0, 0.1) is 0 Å². The van der Waals surface area contributed by atoms with Crippen LogP contribution in [0.2, 0.25) is 0 Å². The van der Waals surface area contributed by atoms with Gasteiger partial charge in [-0.15, -0.1) is 0 Å². The first-order chi connectivity index (χ1) is 7.76. The van der Waals surface area contributed by atoms with Crippen molar-refractivity contribution < 1.29 is 14.6 Å². The van der Waals surface area contributed by atoms with Crippen LogP contribution in [-0.4, -0.2) is 67.3 Å². The molecule has 1 N–H and O–H groups in total. The van der Waals surface area contributed by atoms with Crippen molar-refractivity contribution in [3.63, 3.8) is 0 Å². The van der Waals surface area contributed by atoms with E-state index in [9.17, 15) is 4.79 Å². The largest absolute Gasteiger partial charge is 0.466 e. The minimum atomic E-state index is -0.323. The summed E-state index contributed by atoms with van der Waals surface area (Å²) in [5.41, 5.74) is 0. The average molecular weight is 228 g/mol. The van der Waals surface area contributed by atoms with Gasteiger partial charge in [0, 0.05) is 38.5 Å². The van der Waals surface area contributed by atoms with E-state index in [1.807, 2.05) is 0 Å². The summed E-state index contributed by atoms with van der Waals surface area (Å²) in [6.45, 7) is 4.69. The molecule has 1 rings (SSSR count). The van der Waals surface area contributed by atoms with Crippen LogP contribution in [0.25, 0.3) is 0 Å². The molecule has 0 radical (unpaired) electrons. The van der Waals surface area contributed by atoms with E-state index in [-0.39, 0.29) is 12.6 Å². The normalized spacial score (nSPS) is 18.8. The van der Waals surface area contributed by atoms with Crippen molar-refractivity contribution in [1.29, 1.82) is 0 Å². The van der Waals surface area contributed by atoms with Gasteiger partial charge in [-0.1, -0.05) is 0 Å². The van der Waals surface area contributed by atoms with E-state index < -0.39 is 0 Å². The summed E-state index contributed by atoms with van der Waals surface area (Å²) >= 11 is 0. The Morgan fingerprint density at radius 2 is 2.19 bits per heavy atom. The molecule has 1 aliphatic rings. The smallest absolute Gasteiger partial charge is 0.331 e. The zero-order chi connectivity index (χ0) is 11.8. The van der Waals surface area contributed by atoms with Crippen LogP contribution in [0.3, 0.4) is 0 Å². The number of rotatable bonds is 4. The van der Waals surface area contributed by atoms with Crippen LogP contribution in [0.15, 0.2) is 12.3 Å². The zero-order valence-corrected chi connectivity index (χ0v) is 9.76. The molecule has 5 heteroatoms. The van der Waals surface area contributed by atoms with Crippen molar-refractivity contribution in [3.05, 3.63) is 12.3 Å². The van der Waals surface area contributed by atoms with Gasteiger partial charge in [0.1, 0.15) is 0 Å². The van der Waals surface area contributed by atoms with Crippen LogP contribution >= 0.6 is 0 Å². The maximum Gasteiger partial charge on any atom is 0.331 e. The van der Waals surface area contributed by atoms with Crippen molar-refractivity contribution in [2.45, 2.75) is 6.42 Å². The van der Waals surface area contributed by atoms with Gasteiger partial charge in [0.2, 0.25) is 0 Å². The molecule has 0 aromatic rings. The Labute approximate surface area is 96.3 Å². The molecule has 0 bridgehead atoms. The highest BCUT2D eigenvalue weighted by Gasteiger charge is 2.11. The number of hydrogen-bond donors (Lipinski definition) is 1. The Bertz CT molecular complexity index is 243. The topological polar surface area (TPSA) is 53.0 Å². The summed E-state index contributed by atoms with van der Waals surface area (Å²) in [6, 6.07) is 0. The molecule has 0 aliphatic carbocycles. The van der Waals surface area contributed by atoms with Gasteiger partial charge in [0.05, 0.1) is 13.7 Å². The van der Waals surface area contributed by atoms with E-state index in [0.717, 1.165) is 39.1 Å². The van der Waals surface area contributed by atoms with Crippen molar-refractivity contribution in [2.75, 3.05) is 46.4 Å². The molecule has 1 saturated heterocycles. The predicted molar refractivity (Wildman–Crippen MR) is 60.9 cm³/mol. The van der Waals surface area contributed by atoms with Crippen LogP contribution < -0.4 is 0 Å². The maximum absolute atomic E-state index is 10.9. The molecular formula is C11H20N2O3. The molecule has 16 heavy (non-hydrogen) atoms. The number of carbonyl (C=O) groups excluding carboxylic acids is 1. The quantitative estimate of drug-likeness (QED) is 0.527. The third-order valence-electron chi connectivity index (χ3n) is 2.66. The summed E-state index contributed by atoms with van der Waals surface area (Å²) in [6.07, 6.45) is 4.28. The Hall–Kier alpha value is -1.07. The summed E-state index contributed by atoms with van der Waals surface area (Å²) in [4.78, 5) is 15.3. The lowest BCUT2D eigenvalue weighted by molar-refractivity contribution is -0.134. The number of aliphatic hydroxyl groups is 1. The Balaban J connectivity index is 2.35.